The molecule has 11 nitrogen and oxygen atoms in total. The Hall–Kier alpha value is -2.95. The number of nitrogens with zero attached hydrogens (tertiary/aromatic N) is 7. The van der Waals surface area contributed by atoms with E-state index in [1.165, 1.54) is 0 Å². The number of carbonyl (C=O) groups excluding carboxylic acids is 2. The monoisotopic (exact) mass is 430 g/mol. The first-order valence-corrected chi connectivity index (χ1v) is 10.9. The predicted molar refractivity (Wildman–Crippen MR) is 111 cm³/mol. The topological polar surface area (TPSA) is 110 Å². The van der Waals surface area contributed by atoms with Gasteiger partial charge in [0.15, 0.2) is 0 Å². The fourth-order valence-electron chi connectivity index (χ4n) is 4.19. The number of fused-ring (bicyclic) bond motifs is 1. The molecule has 3 amide bonds. The number of aromatic nitrogens is 5. The Kier molecular flexibility index (Phi) is 5.94. The number of carbonyl (C=O) groups is 2. The lowest BCUT2D eigenvalue weighted by molar-refractivity contribution is -0.0828. The fourth-order valence-corrected chi connectivity index (χ4v) is 4.19. The van der Waals surface area contributed by atoms with Crippen LogP contribution in [0.15, 0.2) is 12.3 Å². The van der Waals surface area contributed by atoms with Crippen LogP contribution in [0.2, 0.25) is 0 Å². The standard InChI is InChI=1S/C20H30N8O3/c1-4-25(5-2)19(30)21-11-16-17-12-31-20(14-28(17)24-22-16)8-10-26(13-20)18(29)15-7-9-27(6-3)23-15/h7,9H,4-6,8,10-14H2,1-3H3,(H,21,30). The molecule has 2 aromatic rings. The Morgan fingerprint density at radius 2 is 2.06 bits per heavy atom. The average Bonchev–Trinajstić information content (AvgIpc) is 3.51. The van der Waals surface area contributed by atoms with Crippen molar-refractivity contribution in [3.8, 4) is 0 Å². The van der Waals surface area contributed by atoms with E-state index in [0.717, 1.165) is 18.7 Å². The zero-order valence-electron chi connectivity index (χ0n) is 18.4. The largest absolute Gasteiger partial charge is 0.365 e. The first-order chi connectivity index (χ1) is 15.0. The van der Waals surface area contributed by atoms with Crippen molar-refractivity contribution in [3.05, 3.63) is 29.3 Å². The molecule has 1 saturated heterocycles. The quantitative estimate of drug-likeness (QED) is 0.728. The molecule has 1 N–H and O–H groups in total. The molecule has 1 spiro atoms. The zero-order valence-corrected chi connectivity index (χ0v) is 18.4. The Morgan fingerprint density at radius 3 is 2.77 bits per heavy atom. The van der Waals surface area contributed by atoms with Crippen LogP contribution in [0, 0.1) is 0 Å². The van der Waals surface area contributed by atoms with Crippen LogP contribution in [0.4, 0.5) is 4.79 Å². The van der Waals surface area contributed by atoms with Gasteiger partial charge < -0.3 is 19.9 Å². The second kappa shape index (κ2) is 8.66. The Bertz CT molecular complexity index is 950. The number of aryl methyl sites for hydroxylation is 1. The number of hydrogen-bond acceptors (Lipinski definition) is 6. The van der Waals surface area contributed by atoms with Crippen molar-refractivity contribution in [2.75, 3.05) is 26.2 Å². The van der Waals surface area contributed by atoms with Gasteiger partial charge in [-0.1, -0.05) is 5.21 Å². The van der Waals surface area contributed by atoms with Crippen molar-refractivity contribution in [2.24, 2.45) is 0 Å². The summed E-state index contributed by atoms with van der Waals surface area (Å²) in [6, 6.07) is 1.64. The summed E-state index contributed by atoms with van der Waals surface area (Å²) in [5, 5.41) is 15.8. The van der Waals surface area contributed by atoms with Crippen LogP contribution in [0.3, 0.4) is 0 Å². The van der Waals surface area contributed by atoms with Crippen molar-refractivity contribution in [2.45, 2.75) is 59.0 Å². The summed E-state index contributed by atoms with van der Waals surface area (Å²) >= 11 is 0. The van der Waals surface area contributed by atoms with Gasteiger partial charge in [-0.3, -0.25) is 9.48 Å². The van der Waals surface area contributed by atoms with E-state index >= 15 is 0 Å². The molecule has 0 saturated carbocycles. The smallest absolute Gasteiger partial charge is 0.317 e. The molecule has 1 atom stereocenters. The van der Waals surface area contributed by atoms with Crippen LogP contribution in [-0.4, -0.2) is 78.3 Å². The minimum atomic E-state index is -0.467. The molecular weight excluding hydrogens is 400 g/mol. The Morgan fingerprint density at radius 1 is 1.26 bits per heavy atom. The van der Waals surface area contributed by atoms with Crippen LogP contribution in [0.5, 0.6) is 0 Å². The second-order valence-corrected chi connectivity index (χ2v) is 7.98. The van der Waals surface area contributed by atoms with E-state index in [4.69, 9.17) is 4.74 Å². The normalized spacial score (nSPS) is 20.2. The highest BCUT2D eigenvalue weighted by atomic mass is 16.5. The first kappa shape index (κ1) is 21.3. The van der Waals surface area contributed by atoms with Crippen molar-refractivity contribution in [3.63, 3.8) is 0 Å². The summed E-state index contributed by atoms with van der Waals surface area (Å²) in [6.45, 7) is 10.2. The number of ether oxygens (including phenoxy) is 1. The van der Waals surface area contributed by atoms with Gasteiger partial charge in [-0.2, -0.15) is 5.10 Å². The molecule has 1 fully saturated rings. The van der Waals surface area contributed by atoms with Gasteiger partial charge in [0.1, 0.15) is 17.0 Å². The summed E-state index contributed by atoms with van der Waals surface area (Å²) in [5.74, 6) is -0.0723. The predicted octanol–water partition coefficient (Wildman–Crippen LogP) is 0.861. The third-order valence-corrected chi connectivity index (χ3v) is 6.12. The number of urea groups is 1. The van der Waals surface area contributed by atoms with Gasteiger partial charge in [0.2, 0.25) is 0 Å². The van der Waals surface area contributed by atoms with Gasteiger partial charge in [0.05, 0.1) is 31.9 Å². The van der Waals surface area contributed by atoms with Gasteiger partial charge in [-0.05, 0) is 33.3 Å². The average molecular weight is 431 g/mol. The molecule has 4 rings (SSSR count). The van der Waals surface area contributed by atoms with E-state index in [-0.39, 0.29) is 11.9 Å². The summed E-state index contributed by atoms with van der Waals surface area (Å²) in [4.78, 5) is 28.5. The maximum atomic E-state index is 12.8. The van der Waals surface area contributed by atoms with Crippen LogP contribution >= 0.6 is 0 Å². The molecule has 31 heavy (non-hydrogen) atoms. The van der Waals surface area contributed by atoms with E-state index in [1.54, 1.807) is 20.5 Å². The van der Waals surface area contributed by atoms with Gasteiger partial charge in [0, 0.05) is 32.4 Å². The summed E-state index contributed by atoms with van der Waals surface area (Å²) in [5.41, 5.74) is 1.58. The van der Waals surface area contributed by atoms with Crippen molar-refractivity contribution < 1.29 is 14.3 Å². The van der Waals surface area contributed by atoms with E-state index < -0.39 is 5.60 Å². The third-order valence-electron chi connectivity index (χ3n) is 6.12. The van der Waals surface area contributed by atoms with Crippen molar-refractivity contribution in [1.29, 1.82) is 0 Å². The molecule has 4 heterocycles. The van der Waals surface area contributed by atoms with Gasteiger partial charge in [0.25, 0.3) is 5.91 Å². The first-order valence-electron chi connectivity index (χ1n) is 10.9. The van der Waals surface area contributed by atoms with Crippen molar-refractivity contribution in [1.82, 2.24) is 39.9 Å². The Balaban J connectivity index is 1.38. The van der Waals surface area contributed by atoms with Gasteiger partial charge >= 0.3 is 6.03 Å². The molecular formula is C20H30N8O3. The molecule has 1 unspecified atom stereocenters. The highest BCUT2D eigenvalue weighted by molar-refractivity contribution is 5.92. The van der Waals surface area contributed by atoms with E-state index in [9.17, 15) is 9.59 Å². The molecule has 0 bridgehead atoms. The maximum Gasteiger partial charge on any atom is 0.317 e. The van der Waals surface area contributed by atoms with Gasteiger partial charge in [-0.25, -0.2) is 9.48 Å². The minimum Gasteiger partial charge on any atom is -0.365 e. The molecule has 0 aliphatic carbocycles. The van der Waals surface area contributed by atoms with Crippen LogP contribution in [0.25, 0.3) is 0 Å². The van der Waals surface area contributed by atoms with Crippen molar-refractivity contribution >= 4 is 11.9 Å². The maximum absolute atomic E-state index is 12.8. The highest BCUT2D eigenvalue weighted by Gasteiger charge is 2.45. The molecule has 2 aliphatic rings. The number of nitrogens with one attached hydrogen (secondary N) is 1. The fraction of sp³-hybridized carbons (Fsp3) is 0.650. The number of rotatable bonds is 6. The highest BCUT2D eigenvalue weighted by Crippen LogP contribution is 2.33. The molecule has 0 aromatic carbocycles. The summed E-state index contributed by atoms with van der Waals surface area (Å²) in [6.07, 6.45) is 2.55. The zero-order chi connectivity index (χ0) is 22.0. The lowest BCUT2D eigenvalue weighted by atomic mass is 10.0. The third kappa shape index (κ3) is 4.14. The Labute approximate surface area is 181 Å². The van der Waals surface area contributed by atoms with Gasteiger partial charge in [-0.15, -0.1) is 5.10 Å². The number of hydrogen-bond donors (Lipinski definition) is 1. The lowest BCUT2D eigenvalue weighted by Gasteiger charge is -2.33. The van der Waals surface area contributed by atoms with Crippen LogP contribution in [0.1, 0.15) is 49.1 Å². The van der Waals surface area contributed by atoms with E-state index in [0.29, 0.717) is 57.3 Å². The van der Waals surface area contributed by atoms with Crippen LogP contribution < -0.4 is 5.32 Å². The second-order valence-electron chi connectivity index (χ2n) is 7.98. The number of amides is 3. The summed E-state index contributed by atoms with van der Waals surface area (Å²) in [7, 11) is 0. The SMILES string of the molecule is CCN(CC)C(=O)NCc1nnn2c1COC1(CCN(C(=O)c3ccn(CC)n3)C1)C2. The molecule has 0 radical (unpaired) electrons. The summed E-state index contributed by atoms with van der Waals surface area (Å²) < 4.78 is 9.85. The molecule has 2 aromatic heterocycles. The minimum absolute atomic E-state index is 0.0723. The number of likely N-dealkylation sites (tertiary alicyclic amines) is 1. The lowest BCUT2D eigenvalue weighted by Crippen LogP contribution is -2.45. The molecule has 2 aliphatic heterocycles. The van der Waals surface area contributed by atoms with E-state index in [1.807, 2.05) is 31.6 Å². The molecule has 168 valence electrons. The van der Waals surface area contributed by atoms with Crippen LogP contribution in [-0.2, 0) is 31.0 Å². The molecule has 11 heteroatoms. The van der Waals surface area contributed by atoms with E-state index in [2.05, 4.69) is 20.7 Å².